The van der Waals surface area contributed by atoms with Crippen molar-refractivity contribution in [3.05, 3.63) is 47.3 Å². The molecule has 0 aliphatic carbocycles. The zero-order valence-electron chi connectivity index (χ0n) is 11.2. The Morgan fingerprint density at radius 1 is 1.22 bits per heavy atom. The van der Waals surface area contributed by atoms with E-state index >= 15 is 0 Å². The van der Waals surface area contributed by atoms with E-state index in [0.29, 0.717) is 5.75 Å². The van der Waals surface area contributed by atoms with Gasteiger partial charge in [0.1, 0.15) is 5.75 Å². The Labute approximate surface area is 108 Å². The lowest BCUT2D eigenvalue weighted by Gasteiger charge is -2.11. The summed E-state index contributed by atoms with van der Waals surface area (Å²) in [5.74, 6) is 0.357. The monoisotopic (exact) mass is 244 g/mol. The first-order valence-electron chi connectivity index (χ1n) is 6.29. The molecule has 0 spiro atoms. The number of nitrogens with zero attached hydrogens (tertiary/aromatic N) is 1. The number of aromatic nitrogens is 1. The van der Waals surface area contributed by atoms with Crippen molar-refractivity contribution in [2.75, 3.05) is 5.32 Å². The number of phenolic OH excluding ortho intramolecular Hbond substituents is 1. The first kappa shape index (κ1) is 12.6. The van der Waals surface area contributed by atoms with Gasteiger partial charge >= 0.3 is 0 Å². The quantitative estimate of drug-likeness (QED) is 0.808. The van der Waals surface area contributed by atoms with E-state index in [9.17, 15) is 5.11 Å². The highest BCUT2D eigenvalue weighted by Gasteiger charge is 2.03. The van der Waals surface area contributed by atoms with Crippen LogP contribution in [0.3, 0.4) is 0 Å². The fraction of sp³-hybridized carbons (Fsp3) is 0.333. The number of hydrogen-bond acceptors (Lipinski definition) is 2. The van der Waals surface area contributed by atoms with Crippen LogP contribution >= 0.6 is 0 Å². The fourth-order valence-corrected chi connectivity index (χ4v) is 1.98. The summed E-state index contributed by atoms with van der Waals surface area (Å²) in [5.41, 5.74) is 4.30. The zero-order chi connectivity index (χ0) is 13.1. The Bertz CT molecular complexity index is 543. The molecule has 18 heavy (non-hydrogen) atoms. The highest BCUT2D eigenvalue weighted by atomic mass is 16.3. The van der Waals surface area contributed by atoms with Crippen LogP contribution in [-0.2, 0) is 13.1 Å². The van der Waals surface area contributed by atoms with Crippen LogP contribution in [-0.4, -0.2) is 9.67 Å². The van der Waals surface area contributed by atoms with Gasteiger partial charge < -0.3 is 15.0 Å². The van der Waals surface area contributed by atoms with Crippen LogP contribution in [0.25, 0.3) is 0 Å². The maximum atomic E-state index is 9.61. The molecule has 0 unspecified atom stereocenters. The predicted molar refractivity (Wildman–Crippen MR) is 75.0 cm³/mol. The molecule has 0 radical (unpaired) electrons. The van der Waals surface area contributed by atoms with Crippen LogP contribution < -0.4 is 5.32 Å². The number of nitrogens with one attached hydrogen (secondary N) is 1. The van der Waals surface area contributed by atoms with Crippen molar-refractivity contribution >= 4 is 5.69 Å². The first-order valence-corrected chi connectivity index (χ1v) is 6.29. The third kappa shape index (κ3) is 2.67. The number of phenols is 1. The summed E-state index contributed by atoms with van der Waals surface area (Å²) in [6, 6.07) is 5.91. The van der Waals surface area contributed by atoms with E-state index in [4.69, 9.17) is 0 Å². The van der Waals surface area contributed by atoms with E-state index in [1.54, 1.807) is 6.07 Å². The Hall–Kier alpha value is -1.90. The molecule has 0 aliphatic rings. The molecule has 3 nitrogen and oxygen atoms in total. The van der Waals surface area contributed by atoms with Gasteiger partial charge in [-0.1, -0.05) is 0 Å². The van der Waals surface area contributed by atoms with E-state index < -0.39 is 0 Å². The number of aryl methyl sites for hydroxylation is 3. The summed E-state index contributed by atoms with van der Waals surface area (Å²) in [4.78, 5) is 0. The van der Waals surface area contributed by atoms with Crippen LogP contribution in [0.4, 0.5) is 5.69 Å². The Balaban J connectivity index is 2.08. The minimum Gasteiger partial charge on any atom is -0.508 e. The van der Waals surface area contributed by atoms with Gasteiger partial charge in [-0.25, -0.2) is 0 Å². The molecular weight excluding hydrogens is 224 g/mol. The van der Waals surface area contributed by atoms with Crippen LogP contribution in [0.1, 0.15) is 23.6 Å². The molecule has 0 saturated heterocycles. The molecule has 2 rings (SSSR count). The maximum absolute atomic E-state index is 9.61. The van der Waals surface area contributed by atoms with Crippen molar-refractivity contribution in [2.45, 2.75) is 33.9 Å². The van der Waals surface area contributed by atoms with Gasteiger partial charge in [0.05, 0.1) is 0 Å². The summed E-state index contributed by atoms with van der Waals surface area (Å²) in [7, 11) is 0. The molecule has 1 aromatic heterocycles. The Morgan fingerprint density at radius 2 is 2.00 bits per heavy atom. The number of aromatic hydroxyl groups is 1. The van der Waals surface area contributed by atoms with Crippen molar-refractivity contribution < 1.29 is 5.11 Å². The van der Waals surface area contributed by atoms with E-state index in [1.165, 1.54) is 5.56 Å². The van der Waals surface area contributed by atoms with Gasteiger partial charge in [-0.05, 0) is 55.7 Å². The molecule has 2 aromatic rings. The number of anilines is 1. The van der Waals surface area contributed by atoms with E-state index in [0.717, 1.165) is 29.9 Å². The summed E-state index contributed by atoms with van der Waals surface area (Å²) in [6.45, 7) is 7.84. The van der Waals surface area contributed by atoms with E-state index in [1.807, 2.05) is 19.9 Å². The van der Waals surface area contributed by atoms with Crippen molar-refractivity contribution in [2.24, 2.45) is 0 Å². The van der Waals surface area contributed by atoms with Crippen molar-refractivity contribution in [3.63, 3.8) is 0 Å². The third-order valence-corrected chi connectivity index (χ3v) is 3.20. The van der Waals surface area contributed by atoms with Crippen LogP contribution in [0.5, 0.6) is 5.75 Å². The normalized spacial score (nSPS) is 10.6. The third-order valence-electron chi connectivity index (χ3n) is 3.20. The lowest BCUT2D eigenvalue weighted by molar-refractivity contribution is 0.471. The number of hydrogen-bond donors (Lipinski definition) is 2. The Kier molecular flexibility index (Phi) is 3.60. The zero-order valence-corrected chi connectivity index (χ0v) is 11.2. The maximum Gasteiger partial charge on any atom is 0.118 e. The average Bonchev–Trinajstić information content (AvgIpc) is 2.80. The van der Waals surface area contributed by atoms with E-state index in [-0.39, 0.29) is 0 Å². The fourth-order valence-electron chi connectivity index (χ4n) is 1.98. The van der Waals surface area contributed by atoms with Gasteiger partial charge in [0.2, 0.25) is 0 Å². The summed E-state index contributed by atoms with van der Waals surface area (Å²) in [6.07, 6.45) is 4.24. The molecule has 2 N–H and O–H groups in total. The summed E-state index contributed by atoms with van der Waals surface area (Å²) >= 11 is 0. The van der Waals surface area contributed by atoms with E-state index in [2.05, 4.69) is 35.3 Å². The molecule has 1 heterocycles. The van der Waals surface area contributed by atoms with Gasteiger partial charge in [-0.3, -0.25) is 0 Å². The number of rotatable bonds is 4. The molecule has 3 heteroatoms. The van der Waals surface area contributed by atoms with Crippen molar-refractivity contribution in [1.82, 2.24) is 4.57 Å². The summed E-state index contributed by atoms with van der Waals surface area (Å²) in [5, 5.41) is 13.0. The second-order valence-electron chi connectivity index (χ2n) is 4.66. The van der Waals surface area contributed by atoms with Gasteiger partial charge in [0, 0.05) is 31.2 Å². The molecule has 0 fully saturated rings. The SMILES string of the molecule is CCn1ccc(CNc2cc(C)c(O)cc2C)c1. The molecule has 0 saturated carbocycles. The molecule has 0 amide bonds. The van der Waals surface area contributed by atoms with Crippen LogP contribution in [0, 0.1) is 13.8 Å². The molecule has 0 aliphatic heterocycles. The standard InChI is InChI=1S/C15H20N2O/c1-4-17-6-5-13(10-17)9-16-14-7-12(3)15(18)8-11(14)2/h5-8,10,16,18H,4,9H2,1-3H3. The molecule has 96 valence electrons. The van der Waals surface area contributed by atoms with Crippen molar-refractivity contribution in [3.8, 4) is 5.75 Å². The molecule has 0 bridgehead atoms. The summed E-state index contributed by atoms with van der Waals surface area (Å²) < 4.78 is 2.16. The smallest absolute Gasteiger partial charge is 0.118 e. The highest BCUT2D eigenvalue weighted by Crippen LogP contribution is 2.25. The highest BCUT2D eigenvalue weighted by molar-refractivity contribution is 5.56. The van der Waals surface area contributed by atoms with Gasteiger partial charge in [-0.15, -0.1) is 0 Å². The van der Waals surface area contributed by atoms with Crippen LogP contribution in [0.2, 0.25) is 0 Å². The molecule has 1 aromatic carbocycles. The van der Waals surface area contributed by atoms with Gasteiger partial charge in [-0.2, -0.15) is 0 Å². The Morgan fingerprint density at radius 3 is 2.67 bits per heavy atom. The van der Waals surface area contributed by atoms with Crippen LogP contribution in [0.15, 0.2) is 30.6 Å². The minimum atomic E-state index is 0.357. The average molecular weight is 244 g/mol. The predicted octanol–water partition coefficient (Wildman–Crippen LogP) is 3.44. The minimum absolute atomic E-state index is 0.357. The number of benzene rings is 1. The van der Waals surface area contributed by atoms with Gasteiger partial charge in [0.15, 0.2) is 0 Å². The second-order valence-corrected chi connectivity index (χ2v) is 4.66. The lowest BCUT2D eigenvalue weighted by Crippen LogP contribution is -2.01. The topological polar surface area (TPSA) is 37.2 Å². The van der Waals surface area contributed by atoms with Crippen molar-refractivity contribution in [1.29, 1.82) is 0 Å². The lowest BCUT2D eigenvalue weighted by atomic mass is 10.1. The first-order chi connectivity index (χ1) is 8.60. The molecule has 0 atom stereocenters. The molecular formula is C15H20N2O. The van der Waals surface area contributed by atoms with Gasteiger partial charge in [0.25, 0.3) is 0 Å². The second kappa shape index (κ2) is 5.17. The largest absolute Gasteiger partial charge is 0.508 e.